The van der Waals surface area contributed by atoms with Crippen LogP contribution in [0.15, 0.2) is 27.9 Å². The molecule has 1 amide bonds. The quantitative estimate of drug-likeness (QED) is 0.516. The van der Waals surface area contributed by atoms with Crippen LogP contribution in [0.25, 0.3) is 0 Å². The molecule has 1 N–H and O–H groups in total. The second-order valence-corrected chi connectivity index (χ2v) is 8.98. The summed E-state index contributed by atoms with van der Waals surface area (Å²) in [5, 5.41) is 4.91. The SMILES string of the molecule is CCOC(=O)Cc1csc(SCC(=O)NC(C)c2ccc3c(c2)CCCC3)n1. The highest BCUT2D eigenvalue weighted by molar-refractivity contribution is 8.01. The van der Waals surface area contributed by atoms with Crippen LogP contribution in [0.2, 0.25) is 0 Å². The maximum Gasteiger partial charge on any atom is 0.311 e. The molecule has 1 aliphatic rings. The molecule has 150 valence electrons. The molecule has 1 unspecified atom stereocenters. The summed E-state index contributed by atoms with van der Waals surface area (Å²) in [7, 11) is 0. The number of thioether (sulfide) groups is 1. The number of aromatic nitrogens is 1. The highest BCUT2D eigenvalue weighted by atomic mass is 32.2. The van der Waals surface area contributed by atoms with Crippen molar-refractivity contribution in [2.45, 2.75) is 56.3 Å². The molecule has 0 saturated heterocycles. The third-order valence-electron chi connectivity index (χ3n) is 4.74. The number of aryl methyl sites for hydroxylation is 2. The van der Waals surface area contributed by atoms with E-state index < -0.39 is 0 Å². The number of hydrogen-bond donors (Lipinski definition) is 1. The van der Waals surface area contributed by atoms with Crippen LogP contribution < -0.4 is 5.32 Å². The Balaban J connectivity index is 1.48. The van der Waals surface area contributed by atoms with Crippen molar-refractivity contribution < 1.29 is 14.3 Å². The van der Waals surface area contributed by atoms with E-state index >= 15 is 0 Å². The number of nitrogens with one attached hydrogen (secondary N) is 1. The lowest BCUT2D eigenvalue weighted by atomic mass is 9.89. The van der Waals surface area contributed by atoms with Gasteiger partial charge in [-0.05, 0) is 56.2 Å². The predicted octanol–water partition coefficient (Wildman–Crippen LogP) is 4.10. The molecule has 3 rings (SSSR count). The van der Waals surface area contributed by atoms with Gasteiger partial charge < -0.3 is 10.1 Å². The first-order valence-corrected chi connectivity index (χ1v) is 11.6. The average molecular weight is 419 g/mol. The van der Waals surface area contributed by atoms with Crippen LogP contribution in [0, 0.1) is 0 Å². The molecule has 1 aliphatic carbocycles. The van der Waals surface area contributed by atoms with E-state index in [1.807, 2.05) is 12.3 Å². The number of fused-ring (bicyclic) bond motifs is 1. The number of carbonyl (C=O) groups is 2. The molecule has 1 heterocycles. The molecule has 1 aromatic heterocycles. The van der Waals surface area contributed by atoms with Crippen molar-refractivity contribution >= 4 is 35.0 Å². The smallest absolute Gasteiger partial charge is 0.311 e. The number of hydrogen-bond acceptors (Lipinski definition) is 6. The maximum absolute atomic E-state index is 12.3. The van der Waals surface area contributed by atoms with Crippen LogP contribution in [0.4, 0.5) is 0 Å². The first-order valence-electron chi connectivity index (χ1n) is 9.69. The first-order chi connectivity index (χ1) is 13.5. The number of carbonyl (C=O) groups excluding carboxylic acids is 2. The Bertz CT molecular complexity index is 835. The van der Waals surface area contributed by atoms with Crippen LogP contribution in [-0.2, 0) is 33.6 Å². The lowest BCUT2D eigenvalue weighted by Gasteiger charge is -2.20. The molecule has 7 heteroatoms. The number of amides is 1. The van der Waals surface area contributed by atoms with E-state index in [-0.39, 0.29) is 24.3 Å². The molecule has 0 radical (unpaired) electrons. The Morgan fingerprint density at radius 3 is 2.86 bits per heavy atom. The minimum atomic E-state index is -0.277. The van der Waals surface area contributed by atoms with E-state index in [9.17, 15) is 9.59 Å². The van der Waals surface area contributed by atoms with Crippen molar-refractivity contribution in [1.29, 1.82) is 0 Å². The van der Waals surface area contributed by atoms with Gasteiger partial charge >= 0.3 is 5.97 Å². The standard InChI is InChI=1S/C21H26N2O3S2/c1-3-26-20(25)11-18-12-27-21(23-18)28-13-19(24)22-14(2)16-9-8-15-6-4-5-7-17(15)10-16/h8-10,12,14H,3-7,11,13H2,1-2H3,(H,22,24). The van der Waals surface area contributed by atoms with Crippen LogP contribution in [0.1, 0.15) is 55.1 Å². The fraction of sp³-hybridized carbons (Fsp3) is 0.476. The normalized spacial score (nSPS) is 14.2. The largest absolute Gasteiger partial charge is 0.466 e. The summed E-state index contributed by atoms with van der Waals surface area (Å²) in [4.78, 5) is 28.2. The average Bonchev–Trinajstić information content (AvgIpc) is 3.13. The van der Waals surface area contributed by atoms with Gasteiger partial charge in [-0.2, -0.15) is 0 Å². The van der Waals surface area contributed by atoms with Gasteiger partial charge in [-0.1, -0.05) is 30.0 Å². The summed E-state index contributed by atoms with van der Waals surface area (Å²) in [6.07, 6.45) is 5.00. The molecule has 0 fully saturated rings. The molecule has 1 aromatic carbocycles. The van der Waals surface area contributed by atoms with Gasteiger partial charge in [0.05, 0.1) is 30.5 Å². The Hall–Kier alpha value is -1.86. The third kappa shape index (κ3) is 5.82. The van der Waals surface area contributed by atoms with E-state index in [4.69, 9.17) is 4.74 Å². The topological polar surface area (TPSA) is 68.3 Å². The highest BCUT2D eigenvalue weighted by Crippen LogP contribution is 2.26. The van der Waals surface area contributed by atoms with Crippen molar-refractivity contribution in [3.63, 3.8) is 0 Å². The summed E-state index contributed by atoms with van der Waals surface area (Å²) in [6, 6.07) is 6.57. The zero-order chi connectivity index (χ0) is 19.9. The second-order valence-electron chi connectivity index (χ2n) is 6.90. The number of esters is 1. The molecule has 1 atom stereocenters. The molecule has 2 aromatic rings. The number of ether oxygens (including phenoxy) is 1. The zero-order valence-corrected chi connectivity index (χ0v) is 18.0. The Labute approximate surface area is 174 Å². The Morgan fingerprint density at radius 2 is 2.07 bits per heavy atom. The van der Waals surface area contributed by atoms with Gasteiger partial charge in [-0.15, -0.1) is 11.3 Å². The second kappa shape index (κ2) is 10.1. The number of rotatable bonds is 8. The third-order valence-corrected chi connectivity index (χ3v) is 6.81. The van der Waals surface area contributed by atoms with Crippen LogP contribution in [-0.4, -0.2) is 29.2 Å². The molecule has 0 spiro atoms. The molecule has 28 heavy (non-hydrogen) atoms. The van der Waals surface area contributed by atoms with Gasteiger partial charge in [-0.25, -0.2) is 4.98 Å². The van der Waals surface area contributed by atoms with Gasteiger partial charge in [0.1, 0.15) is 0 Å². The number of benzene rings is 1. The lowest BCUT2D eigenvalue weighted by molar-refractivity contribution is -0.142. The Morgan fingerprint density at radius 1 is 1.29 bits per heavy atom. The maximum atomic E-state index is 12.3. The Kier molecular flexibility index (Phi) is 7.50. The van der Waals surface area contributed by atoms with Crippen molar-refractivity contribution in [2.24, 2.45) is 0 Å². The van der Waals surface area contributed by atoms with Crippen molar-refractivity contribution in [2.75, 3.05) is 12.4 Å². The fourth-order valence-corrected chi connectivity index (χ4v) is 4.97. The molecular formula is C21H26N2O3S2. The molecule has 0 bridgehead atoms. The lowest BCUT2D eigenvalue weighted by Crippen LogP contribution is -2.28. The van der Waals surface area contributed by atoms with Gasteiger partial charge in [0.2, 0.25) is 5.91 Å². The van der Waals surface area contributed by atoms with E-state index in [1.54, 1.807) is 6.92 Å². The summed E-state index contributed by atoms with van der Waals surface area (Å²) >= 11 is 2.84. The monoisotopic (exact) mass is 418 g/mol. The van der Waals surface area contributed by atoms with Crippen LogP contribution >= 0.6 is 23.1 Å². The molecule has 5 nitrogen and oxygen atoms in total. The zero-order valence-electron chi connectivity index (χ0n) is 16.3. The van der Waals surface area contributed by atoms with Gasteiger partial charge in [0, 0.05) is 5.38 Å². The predicted molar refractivity (Wildman–Crippen MR) is 113 cm³/mol. The fourth-order valence-electron chi connectivity index (χ4n) is 3.31. The van der Waals surface area contributed by atoms with E-state index in [0.717, 1.165) is 16.3 Å². The summed E-state index contributed by atoms with van der Waals surface area (Å²) in [5.74, 6) is 0.0140. The first kappa shape index (κ1) is 20.9. The van der Waals surface area contributed by atoms with Crippen molar-refractivity contribution in [3.05, 3.63) is 46.0 Å². The van der Waals surface area contributed by atoms with Gasteiger partial charge in [-0.3, -0.25) is 9.59 Å². The molecule has 0 saturated carbocycles. The highest BCUT2D eigenvalue weighted by Gasteiger charge is 2.15. The van der Waals surface area contributed by atoms with E-state index in [2.05, 4.69) is 28.5 Å². The number of nitrogens with zero attached hydrogens (tertiary/aromatic N) is 1. The minimum absolute atomic E-state index is 0.0163. The summed E-state index contributed by atoms with van der Waals surface area (Å²) in [6.45, 7) is 4.17. The van der Waals surface area contributed by atoms with E-state index in [0.29, 0.717) is 18.1 Å². The van der Waals surface area contributed by atoms with Gasteiger partial charge in [0.25, 0.3) is 0 Å². The van der Waals surface area contributed by atoms with Crippen LogP contribution in [0.3, 0.4) is 0 Å². The van der Waals surface area contributed by atoms with E-state index in [1.165, 1.54) is 53.5 Å². The van der Waals surface area contributed by atoms with Crippen LogP contribution in [0.5, 0.6) is 0 Å². The minimum Gasteiger partial charge on any atom is -0.466 e. The molecular weight excluding hydrogens is 392 g/mol. The summed E-state index contributed by atoms with van der Waals surface area (Å²) in [5.41, 5.74) is 4.72. The van der Waals surface area contributed by atoms with Crippen molar-refractivity contribution in [1.82, 2.24) is 10.3 Å². The number of thiazole rings is 1. The van der Waals surface area contributed by atoms with Gasteiger partial charge in [0.15, 0.2) is 4.34 Å². The summed E-state index contributed by atoms with van der Waals surface area (Å²) < 4.78 is 5.72. The van der Waals surface area contributed by atoms with Crippen molar-refractivity contribution in [3.8, 4) is 0 Å². The molecule has 0 aliphatic heterocycles.